The monoisotopic (exact) mass is 291 g/mol. The van der Waals surface area contributed by atoms with Crippen LogP contribution >= 0.6 is 0 Å². The van der Waals surface area contributed by atoms with Crippen LogP contribution < -0.4 is 5.32 Å². The van der Waals surface area contributed by atoms with Gasteiger partial charge in [-0.2, -0.15) is 0 Å². The molecule has 1 atom stereocenters. The first-order chi connectivity index (χ1) is 10.1. The van der Waals surface area contributed by atoms with E-state index < -0.39 is 11.8 Å². The van der Waals surface area contributed by atoms with Gasteiger partial charge < -0.3 is 10.2 Å². The van der Waals surface area contributed by atoms with Crippen molar-refractivity contribution in [2.75, 3.05) is 19.6 Å². The number of benzene rings is 1. The molecule has 2 fully saturated rings. The molecule has 1 N–H and O–H groups in total. The van der Waals surface area contributed by atoms with Gasteiger partial charge in [0.15, 0.2) is 0 Å². The van der Waals surface area contributed by atoms with Crippen LogP contribution in [0.2, 0.25) is 0 Å². The molecule has 0 radical (unpaired) electrons. The molecule has 0 saturated carbocycles. The van der Waals surface area contributed by atoms with Crippen LogP contribution in [-0.4, -0.2) is 53.3 Å². The third kappa shape index (κ3) is 2.46. The molecule has 4 amide bonds. The molecule has 110 valence electrons. The number of nitrogens with one attached hydrogen (secondary N) is 1. The minimum atomic E-state index is -0.402. The van der Waals surface area contributed by atoms with Crippen molar-refractivity contribution < 1.29 is 18.8 Å². The Morgan fingerprint density at radius 2 is 1.95 bits per heavy atom. The normalized spacial score (nSPS) is 21.9. The lowest BCUT2D eigenvalue weighted by atomic mass is 10.2. The minimum absolute atomic E-state index is 0.0151. The first kappa shape index (κ1) is 13.5. The standard InChI is InChI=1S/C14H14FN3O3/c15-10-3-1-9(2-4-10)13(20)17-6-5-11(8-17)18-12(19)7-16-14(18)21/h1-4,11H,5-8H2,(H,16,21). The first-order valence-corrected chi connectivity index (χ1v) is 6.71. The summed E-state index contributed by atoms with van der Waals surface area (Å²) in [5, 5.41) is 2.47. The molecular formula is C14H14FN3O3. The van der Waals surface area contributed by atoms with Gasteiger partial charge in [0.25, 0.3) is 5.91 Å². The van der Waals surface area contributed by atoms with E-state index in [1.54, 1.807) is 4.90 Å². The number of likely N-dealkylation sites (tertiary alicyclic amines) is 1. The van der Waals surface area contributed by atoms with Gasteiger partial charge in [-0.1, -0.05) is 0 Å². The molecule has 2 aliphatic rings. The van der Waals surface area contributed by atoms with E-state index in [0.717, 1.165) is 0 Å². The molecule has 2 aliphatic heterocycles. The van der Waals surface area contributed by atoms with Crippen molar-refractivity contribution in [1.29, 1.82) is 0 Å². The Kier molecular flexibility index (Phi) is 3.32. The molecular weight excluding hydrogens is 277 g/mol. The summed E-state index contributed by atoms with van der Waals surface area (Å²) in [6.45, 7) is 0.800. The number of urea groups is 1. The highest BCUT2D eigenvalue weighted by Crippen LogP contribution is 2.20. The Bertz CT molecular complexity index is 586. The van der Waals surface area contributed by atoms with Gasteiger partial charge in [0, 0.05) is 18.7 Å². The average molecular weight is 291 g/mol. The number of halogens is 1. The molecule has 1 aromatic rings. The van der Waals surface area contributed by atoms with Crippen LogP contribution in [0.15, 0.2) is 24.3 Å². The molecule has 6 nitrogen and oxygen atoms in total. The minimum Gasteiger partial charge on any atom is -0.336 e. The summed E-state index contributed by atoms with van der Waals surface area (Å²) < 4.78 is 12.9. The van der Waals surface area contributed by atoms with Crippen LogP contribution in [0.1, 0.15) is 16.8 Å². The zero-order valence-electron chi connectivity index (χ0n) is 11.2. The van der Waals surface area contributed by atoms with Crippen LogP contribution in [0.5, 0.6) is 0 Å². The summed E-state index contributed by atoms with van der Waals surface area (Å²) in [7, 11) is 0. The molecule has 7 heteroatoms. The SMILES string of the molecule is O=C(c1ccc(F)cc1)N1CCC(N2C(=O)CNC2=O)C1. The Morgan fingerprint density at radius 3 is 2.57 bits per heavy atom. The van der Waals surface area contributed by atoms with Crippen molar-refractivity contribution in [3.63, 3.8) is 0 Å². The Hall–Kier alpha value is -2.44. The maximum absolute atomic E-state index is 12.9. The third-order valence-electron chi connectivity index (χ3n) is 3.79. The van der Waals surface area contributed by atoms with E-state index in [1.165, 1.54) is 29.2 Å². The molecule has 1 unspecified atom stereocenters. The van der Waals surface area contributed by atoms with Crippen molar-refractivity contribution in [3.8, 4) is 0 Å². The van der Waals surface area contributed by atoms with Gasteiger partial charge in [0.1, 0.15) is 5.82 Å². The van der Waals surface area contributed by atoms with E-state index in [2.05, 4.69) is 5.32 Å². The molecule has 2 heterocycles. The second kappa shape index (κ2) is 5.16. The fourth-order valence-corrected chi connectivity index (χ4v) is 2.72. The number of imide groups is 1. The summed E-state index contributed by atoms with van der Waals surface area (Å²) >= 11 is 0. The largest absolute Gasteiger partial charge is 0.336 e. The number of nitrogens with zero attached hydrogens (tertiary/aromatic N) is 2. The maximum Gasteiger partial charge on any atom is 0.324 e. The van der Waals surface area contributed by atoms with Gasteiger partial charge in [0.2, 0.25) is 5.91 Å². The van der Waals surface area contributed by atoms with E-state index in [-0.39, 0.29) is 24.4 Å². The zero-order valence-corrected chi connectivity index (χ0v) is 11.2. The van der Waals surface area contributed by atoms with Gasteiger partial charge >= 0.3 is 6.03 Å². The van der Waals surface area contributed by atoms with Gasteiger partial charge in [-0.3, -0.25) is 14.5 Å². The molecule has 0 spiro atoms. The quantitative estimate of drug-likeness (QED) is 0.811. The summed E-state index contributed by atoms with van der Waals surface area (Å²) in [5.74, 6) is -0.879. The fraction of sp³-hybridized carbons (Fsp3) is 0.357. The zero-order chi connectivity index (χ0) is 15.0. The fourth-order valence-electron chi connectivity index (χ4n) is 2.72. The second-order valence-electron chi connectivity index (χ2n) is 5.12. The average Bonchev–Trinajstić information content (AvgIpc) is 3.06. The molecule has 0 bridgehead atoms. The smallest absolute Gasteiger partial charge is 0.324 e. The third-order valence-corrected chi connectivity index (χ3v) is 3.79. The van der Waals surface area contributed by atoms with Crippen molar-refractivity contribution in [3.05, 3.63) is 35.6 Å². The lowest BCUT2D eigenvalue weighted by Crippen LogP contribution is -2.42. The van der Waals surface area contributed by atoms with E-state index in [0.29, 0.717) is 25.1 Å². The summed E-state index contributed by atoms with van der Waals surface area (Å²) in [5.41, 5.74) is 0.397. The molecule has 0 aliphatic carbocycles. The van der Waals surface area contributed by atoms with Crippen LogP contribution in [0.3, 0.4) is 0 Å². The predicted octanol–water partition coefficient (Wildman–Crippen LogP) is 0.592. The van der Waals surface area contributed by atoms with E-state index >= 15 is 0 Å². The van der Waals surface area contributed by atoms with Crippen molar-refractivity contribution in [2.45, 2.75) is 12.5 Å². The highest BCUT2D eigenvalue weighted by molar-refractivity contribution is 6.02. The van der Waals surface area contributed by atoms with Crippen LogP contribution in [0.25, 0.3) is 0 Å². The molecule has 2 saturated heterocycles. The van der Waals surface area contributed by atoms with E-state index in [9.17, 15) is 18.8 Å². The van der Waals surface area contributed by atoms with Gasteiger partial charge in [-0.25, -0.2) is 9.18 Å². The second-order valence-corrected chi connectivity index (χ2v) is 5.12. The molecule has 1 aromatic carbocycles. The molecule has 21 heavy (non-hydrogen) atoms. The first-order valence-electron chi connectivity index (χ1n) is 6.71. The Labute approximate surface area is 120 Å². The summed E-state index contributed by atoms with van der Waals surface area (Å²) in [6.07, 6.45) is 0.562. The Balaban J connectivity index is 1.69. The highest BCUT2D eigenvalue weighted by atomic mass is 19.1. The van der Waals surface area contributed by atoms with Crippen LogP contribution in [-0.2, 0) is 4.79 Å². The number of hydrogen-bond acceptors (Lipinski definition) is 3. The molecule has 3 rings (SSSR count). The van der Waals surface area contributed by atoms with Crippen LogP contribution in [0, 0.1) is 5.82 Å². The topological polar surface area (TPSA) is 69.7 Å². The number of hydrogen-bond donors (Lipinski definition) is 1. The van der Waals surface area contributed by atoms with Gasteiger partial charge in [-0.05, 0) is 30.7 Å². The molecule has 0 aromatic heterocycles. The maximum atomic E-state index is 12.9. The number of amides is 4. The lowest BCUT2D eigenvalue weighted by Gasteiger charge is -2.21. The van der Waals surface area contributed by atoms with E-state index in [1.807, 2.05) is 0 Å². The van der Waals surface area contributed by atoms with Crippen molar-refractivity contribution in [1.82, 2.24) is 15.1 Å². The lowest BCUT2D eigenvalue weighted by molar-refractivity contribution is -0.126. The highest BCUT2D eigenvalue weighted by Gasteiger charge is 2.39. The van der Waals surface area contributed by atoms with Crippen molar-refractivity contribution >= 4 is 17.8 Å². The van der Waals surface area contributed by atoms with Crippen molar-refractivity contribution in [2.24, 2.45) is 0 Å². The Morgan fingerprint density at radius 1 is 1.24 bits per heavy atom. The summed E-state index contributed by atoms with van der Waals surface area (Å²) in [6, 6.07) is 4.64. The number of carbonyl (C=O) groups excluding carboxylic acids is 3. The summed E-state index contributed by atoms with van der Waals surface area (Å²) in [4.78, 5) is 38.3. The number of rotatable bonds is 2. The van der Waals surface area contributed by atoms with E-state index in [4.69, 9.17) is 0 Å². The van der Waals surface area contributed by atoms with Gasteiger partial charge in [0.05, 0.1) is 12.6 Å². The van der Waals surface area contributed by atoms with Gasteiger partial charge in [-0.15, -0.1) is 0 Å². The van der Waals surface area contributed by atoms with Crippen LogP contribution in [0.4, 0.5) is 9.18 Å². The number of carbonyl (C=O) groups is 3. The predicted molar refractivity (Wildman–Crippen MR) is 71.0 cm³/mol.